The Morgan fingerprint density at radius 3 is 2.21 bits per heavy atom. The predicted molar refractivity (Wildman–Crippen MR) is 161 cm³/mol. The summed E-state index contributed by atoms with van der Waals surface area (Å²) in [4.78, 5) is 28.5. The Morgan fingerprint density at radius 2 is 1.57 bits per heavy atom. The van der Waals surface area contributed by atoms with E-state index in [4.69, 9.17) is 14.2 Å². The number of para-hydroxylation sites is 2. The summed E-state index contributed by atoms with van der Waals surface area (Å²) in [6, 6.07) is 18.7. The first-order chi connectivity index (χ1) is 20.2. The van der Waals surface area contributed by atoms with Crippen LogP contribution < -0.4 is 23.8 Å². The van der Waals surface area contributed by atoms with E-state index in [2.05, 4.69) is 5.32 Å². The van der Waals surface area contributed by atoms with Gasteiger partial charge in [-0.05, 0) is 67.4 Å². The van der Waals surface area contributed by atoms with Crippen molar-refractivity contribution in [3.8, 4) is 17.2 Å². The number of anilines is 1. The van der Waals surface area contributed by atoms with Crippen molar-refractivity contribution in [1.82, 2.24) is 10.2 Å². The van der Waals surface area contributed by atoms with Gasteiger partial charge in [0.1, 0.15) is 29.8 Å². The molecule has 0 fully saturated rings. The number of carbonyl (C=O) groups excluding carboxylic acids is 2. The molecule has 0 bridgehead atoms. The van der Waals surface area contributed by atoms with Gasteiger partial charge in [0.15, 0.2) is 0 Å². The quantitative estimate of drug-likeness (QED) is 0.261. The number of benzene rings is 3. The van der Waals surface area contributed by atoms with Crippen molar-refractivity contribution >= 4 is 27.5 Å². The molecule has 0 aliphatic heterocycles. The van der Waals surface area contributed by atoms with E-state index in [9.17, 15) is 18.0 Å². The third-order valence-electron chi connectivity index (χ3n) is 6.76. The van der Waals surface area contributed by atoms with Gasteiger partial charge in [0.2, 0.25) is 11.8 Å². The topological polar surface area (TPSA) is 114 Å². The van der Waals surface area contributed by atoms with Crippen LogP contribution in [0.4, 0.5) is 5.69 Å². The molecule has 3 rings (SSSR count). The van der Waals surface area contributed by atoms with Gasteiger partial charge in [-0.2, -0.15) is 0 Å². The van der Waals surface area contributed by atoms with E-state index in [0.29, 0.717) is 18.0 Å². The summed E-state index contributed by atoms with van der Waals surface area (Å²) >= 11 is 0. The molecule has 1 atom stereocenters. The van der Waals surface area contributed by atoms with Crippen LogP contribution in [-0.4, -0.2) is 65.6 Å². The lowest BCUT2D eigenvalue weighted by atomic mass is 10.1. The fraction of sp³-hybridized carbons (Fsp3) is 0.355. The van der Waals surface area contributed by atoms with Gasteiger partial charge in [0.05, 0.1) is 31.9 Å². The van der Waals surface area contributed by atoms with Gasteiger partial charge in [-0.1, -0.05) is 37.6 Å². The lowest BCUT2D eigenvalue weighted by Gasteiger charge is -2.32. The van der Waals surface area contributed by atoms with Gasteiger partial charge in [-0.25, -0.2) is 8.42 Å². The highest BCUT2D eigenvalue weighted by Gasteiger charge is 2.33. The Morgan fingerprint density at radius 1 is 0.881 bits per heavy atom. The van der Waals surface area contributed by atoms with Crippen LogP contribution in [-0.2, 0) is 26.2 Å². The van der Waals surface area contributed by atoms with Crippen molar-refractivity contribution in [2.24, 2.45) is 0 Å². The molecule has 226 valence electrons. The minimum Gasteiger partial charge on any atom is -0.497 e. The van der Waals surface area contributed by atoms with Crippen molar-refractivity contribution in [1.29, 1.82) is 0 Å². The fourth-order valence-corrected chi connectivity index (χ4v) is 5.73. The summed E-state index contributed by atoms with van der Waals surface area (Å²) in [5.41, 5.74) is 0.906. The van der Waals surface area contributed by atoms with E-state index in [0.717, 1.165) is 22.7 Å². The molecule has 0 aromatic heterocycles. The molecule has 0 spiro atoms. The zero-order chi connectivity index (χ0) is 30.7. The number of methoxy groups -OCH3 is 3. The van der Waals surface area contributed by atoms with Crippen molar-refractivity contribution in [2.45, 2.75) is 44.2 Å². The van der Waals surface area contributed by atoms with Gasteiger partial charge in [0.25, 0.3) is 10.0 Å². The maximum absolute atomic E-state index is 14.1. The zero-order valence-electron chi connectivity index (χ0n) is 24.7. The molecule has 0 unspecified atom stereocenters. The van der Waals surface area contributed by atoms with E-state index >= 15 is 0 Å². The molecule has 11 heteroatoms. The number of unbranched alkanes of at least 4 members (excludes halogenated alkanes) is 1. The lowest BCUT2D eigenvalue weighted by molar-refractivity contribution is -0.139. The van der Waals surface area contributed by atoms with Crippen LogP contribution in [0.2, 0.25) is 0 Å². The average Bonchev–Trinajstić information content (AvgIpc) is 3.02. The smallest absolute Gasteiger partial charge is 0.264 e. The highest BCUT2D eigenvalue weighted by molar-refractivity contribution is 7.92. The number of amides is 2. The largest absolute Gasteiger partial charge is 0.497 e. The van der Waals surface area contributed by atoms with Crippen LogP contribution in [0.15, 0.2) is 77.7 Å². The van der Waals surface area contributed by atoms with E-state index in [1.54, 1.807) is 56.5 Å². The number of hydrogen-bond acceptors (Lipinski definition) is 7. The van der Waals surface area contributed by atoms with Crippen molar-refractivity contribution in [3.05, 3.63) is 78.4 Å². The Hall–Kier alpha value is -4.25. The van der Waals surface area contributed by atoms with E-state index in [1.165, 1.54) is 43.4 Å². The van der Waals surface area contributed by atoms with E-state index < -0.39 is 28.5 Å². The van der Waals surface area contributed by atoms with Crippen LogP contribution in [0, 0.1) is 0 Å². The first-order valence-electron chi connectivity index (χ1n) is 13.7. The van der Waals surface area contributed by atoms with Crippen molar-refractivity contribution in [3.63, 3.8) is 0 Å². The number of nitrogens with zero attached hydrogens (tertiary/aromatic N) is 2. The highest BCUT2D eigenvalue weighted by atomic mass is 32.2. The predicted octanol–water partition coefficient (Wildman–Crippen LogP) is 4.24. The van der Waals surface area contributed by atoms with Crippen LogP contribution in [0.1, 0.15) is 32.3 Å². The molecule has 3 aromatic rings. The normalized spacial score (nSPS) is 11.7. The molecule has 0 heterocycles. The van der Waals surface area contributed by atoms with Crippen molar-refractivity contribution in [2.75, 3.05) is 38.7 Å². The monoisotopic (exact) mass is 597 g/mol. The second kappa shape index (κ2) is 15.1. The van der Waals surface area contributed by atoms with Crippen LogP contribution in [0.3, 0.4) is 0 Å². The molecule has 0 saturated carbocycles. The Balaban J connectivity index is 2.05. The maximum atomic E-state index is 14.1. The van der Waals surface area contributed by atoms with Crippen molar-refractivity contribution < 1.29 is 32.2 Å². The molecule has 2 amide bonds. The third kappa shape index (κ3) is 7.94. The maximum Gasteiger partial charge on any atom is 0.264 e. The number of carbonyl (C=O) groups is 2. The summed E-state index contributed by atoms with van der Waals surface area (Å²) in [6.45, 7) is 3.60. The van der Waals surface area contributed by atoms with Gasteiger partial charge in [-0.15, -0.1) is 0 Å². The van der Waals surface area contributed by atoms with Gasteiger partial charge in [0, 0.05) is 13.1 Å². The number of ether oxygens (including phenoxy) is 3. The molecular formula is C31H39N3O7S. The SMILES string of the molecule is CCCCNC(=O)[C@@H](C)N(Cc1cccc(OC)c1)C(=O)CN(c1ccccc1OC)S(=O)(=O)c1ccc(OC)cc1. The second-order valence-electron chi connectivity index (χ2n) is 9.55. The van der Waals surface area contributed by atoms with Gasteiger partial charge >= 0.3 is 0 Å². The first-order valence-corrected chi connectivity index (χ1v) is 15.1. The average molecular weight is 598 g/mol. The standard InChI is InChI=1S/C31H39N3O7S/c1-6-7-19-32-31(36)23(2)33(21-24-11-10-12-26(20-24)40-4)30(35)22-34(28-13-8-9-14-29(28)41-5)42(37,38)27-17-15-25(39-3)16-18-27/h8-18,20,23H,6-7,19,21-22H2,1-5H3,(H,32,36)/t23-/m1/s1. The molecule has 0 aliphatic carbocycles. The number of rotatable bonds is 15. The van der Waals surface area contributed by atoms with Gasteiger partial charge < -0.3 is 24.4 Å². The van der Waals surface area contributed by atoms with Crippen LogP contribution >= 0.6 is 0 Å². The summed E-state index contributed by atoms with van der Waals surface area (Å²) in [5.74, 6) is 0.450. The Bertz CT molecular complexity index is 1440. The molecule has 10 nitrogen and oxygen atoms in total. The molecule has 0 radical (unpaired) electrons. The summed E-state index contributed by atoms with van der Waals surface area (Å²) in [6.07, 6.45) is 1.70. The molecule has 0 aliphatic rings. The third-order valence-corrected chi connectivity index (χ3v) is 8.54. The lowest BCUT2D eigenvalue weighted by Crippen LogP contribution is -2.51. The zero-order valence-corrected chi connectivity index (χ0v) is 25.5. The summed E-state index contributed by atoms with van der Waals surface area (Å²) in [5, 5.41) is 2.88. The Kier molecular flexibility index (Phi) is 11.6. The minimum atomic E-state index is -4.26. The summed E-state index contributed by atoms with van der Waals surface area (Å²) in [7, 11) is 0.198. The molecule has 3 aromatic carbocycles. The summed E-state index contributed by atoms with van der Waals surface area (Å²) < 4.78 is 45.1. The molecule has 42 heavy (non-hydrogen) atoms. The number of sulfonamides is 1. The number of hydrogen-bond donors (Lipinski definition) is 1. The highest BCUT2D eigenvalue weighted by Crippen LogP contribution is 2.33. The van der Waals surface area contributed by atoms with Gasteiger partial charge in [-0.3, -0.25) is 13.9 Å². The molecular weight excluding hydrogens is 558 g/mol. The first kappa shape index (κ1) is 32.3. The second-order valence-corrected chi connectivity index (χ2v) is 11.4. The number of nitrogens with one attached hydrogen (secondary N) is 1. The Labute approximate surface area is 248 Å². The van der Waals surface area contributed by atoms with E-state index in [-0.39, 0.29) is 28.8 Å². The molecule has 0 saturated heterocycles. The fourth-order valence-electron chi connectivity index (χ4n) is 4.31. The van der Waals surface area contributed by atoms with Crippen LogP contribution in [0.25, 0.3) is 0 Å². The van der Waals surface area contributed by atoms with E-state index in [1.807, 2.05) is 13.0 Å². The van der Waals surface area contributed by atoms with Crippen LogP contribution in [0.5, 0.6) is 17.2 Å². The minimum absolute atomic E-state index is 0.0355. The molecule has 1 N–H and O–H groups in total.